The van der Waals surface area contributed by atoms with Gasteiger partial charge in [0.25, 0.3) is 0 Å². The van der Waals surface area contributed by atoms with Crippen molar-refractivity contribution in [1.29, 1.82) is 0 Å². The number of hydrogen-bond donors (Lipinski definition) is 0. The van der Waals surface area contributed by atoms with E-state index in [1.165, 1.54) is 0 Å². The van der Waals surface area contributed by atoms with Crippen LogP contribution in [0.1, 0.15) is 11.1 Å². The highest BCUT2D eigenvalue weighted by Gasteiger charge is 1.80. The van der Waals surface area contributed by atoms with E-state index in [1.807, 2.05) is 18.2 Å². The van der Waals surface area contributed by atoms with Crippen LogP contribution >= 0.6 is 0 Å². The Kier molecular flexibility index (Phi) is 1.34. The summed E-state index contributed by atoms with van der Waals surface area (Å²) in [5, 5.41) is 0. The van der Waals surface area contributed by atoms with Gasteiger partial charge in [0.15, 0.2) is 0 Å². The molecule has 39 valence electrons. The summed E-state index contributed by atoms with van der Waals surface area (Å²) in [4.78, 5) is 0. The largest absolute Gasteiger partial charge is 0.0587 e. The zero-order valence-corrected chi connectivity index (χ0v) is 4.65. The SMILES string of the molecule is [CH2]c1[c]cc([CH2])cc1. The average Bonchev–Trinajstić information content (AvgIpc) is 1.77. The first-order valence-electron chi connectivity index (χ1n) is 2.45. The minimum absolute atomic E-state index is 0.914. The molecule has 0 heteroatoms. The van der Waals surface area contributed by atoms with Crippen molar-refractivity contribution in [3.05, 3.63) is 49.2 Å². The van der Waals surface area contributed by atoms with Gasteiger partial charge in [0.05, 0.1) is 0 Å². The maximum absolute atomic E-state index is 3.70. The van der Waals surface area contributed by atoms with Gasteiger partial charge in [0, 0.05) is 0 Å². The van der Waals surface area contributed by atoms with E-state index in [-0.39, 0.29) is 0 Å². The van der Waals surface area contributed by atoms with Crippen LogP contribution in [0.15, 0.2) is 18.2 Å². The van der Waals surface area contributed by atoms with Crippen molar-refractivity contribution in [1.82, 2.24) is 0 Å². The molecule has 1 rings (SSSR count). The molecular weight excluding hydrogens is 96.1 g/mol. The second kappa shape index (κ2) is 1.99. The summed E-state index contributed by atoms with van der Waals surface area (Å²) in [7, 11) is 0. The molecule has 1 aromatic carbocycles. The Hall–Kier alpha value is -0.780. The highest BCUT2D eigenvalue weighted by atomic mass is 13.9. The van der Waals surface area contributed by atoms with Crippen molar-refractivity contribution in [2.24, 2.45) is 0 Å². The maximum Gasteiger partial charge on any atom is -0.0146 e. The molecular formula is C8H7. The van der Waals surface area contributed by atoms with Gasteiger partial charge in [0.1, 0.15) is 0 Å². The molecule has 0 unspecified atom stereocenters. The average molecular weight is 103 g/mol. The van der Waals surface area contributed by atoms with E-state index >= 15 is 0 Å². The van der Waals surface area contributed by atoms with Crippen LogP contribution < -0.4 is 0 Å². The van der Waals surface area contributed by atoms with Gasteiger partial charge in [-0.3, -0.25) is 0 Å². The normalized spacial score (nSPS) is 9.25. The quantitative estimate of drug-likeness (QED) is 0.470. The topological polar surface area (TPSA) is 0 Å². The highest BCUT2D eigenvalue weighted by Crippen LogP contribution is 1.98. The predicted molar refractivity (Wildman–Crippen MR) is 34.2 cm³/mol. The molecule has 0 spiro atoms. The third kappa shape index (κ3) is 1.09. The molecule has 0 amide bonds. The molecule has 0 fully saturated rings. The molecule has 0 aliphatic heterocycles. The van der Waals surface area contributed by atoms with Gasteiger partial charge in [-0.05, 0) is 31.0 Å². The lowest BCUT2D eigenvalue weighted by molar-refractivity contribution is 1.54. The van der Waals surface area contributed by atoms with E-state index in [4.69, 9.17) is 0 Å². The lowest BCUT2D eigenvalue weighted by Gasteiger charge is -1.88. The predicted octanol–water partition coefficient (Wildman–Crippen LogP) is 1.85. The van der Waals surface area contributed by atoms with E-state index in [1.54, 1.807) is 0 Å². The van der Waals surface area contributed by atoms with Crippen LogP contribution in [-0.4, -0.2) is 0 Å². The highest BCUT2D eigenvalue weighted by molar-refractivity contribution is 5.24. The van der Waals surface area contributed by atoms with Gasteiger partial charge >= 0.3 is 0 Å². The zero-order valence-electron chi connectivity index (χ0n) is 4.65. The van der Waals surface area contributed by atoms with Crippen LogP contribution in [-0.2, 0) is 0 Å². The van der Waals surface area contributed by atoms with Gasteiger partial charge in [0.2, 0.25) is 0 Å². The molecule has 0 saturated heterocycles. The van der Waals surface area contributed by atoms with Gasteiger partial charge in [-0.25, -0.2) is 0 Å². The van der Waals surface area contributed by atoms with Gasteiger partial charge in [-0.2, -0.15) is 0 Å². The van der Waals surface area contributed by atoms with Crippen molar-refractivity contribution >= 4 is 0 Å². The Morgan fingerprint density at radius 2 is 2.00 bits per heavy atom. The van der Waals surface area contributed by atoms with Crippen LogP contribution in [0.4, 0.5) is 0 Å². The molecule has 0 atom stereocenters. The van der Waals surface area contributed by atoms with Crippen LogP contribution in [0, 0.1) is 19.9 Å². The van der Waals surface area contributed by atoms with Crippen LogP contribution in [0.3, 0.4) is 0 Å². The fraction of sp³-hybridized carbons (Fsp3) is 0. The molecule has 0 heterocycles. The van der Waals surface area contributed by atoms with Crippen molar-refractivity contribution in [3.63, 3.8) is 0 Å². The van der Waals surface area contributed by atoms with Crippen LogP contribution in [0.2, 0.25) is 0 Å². The van der Waals surface area contributed by atoms with Crippen molar-refractivity contribution < 1.29 is 0 Å². The van der Waals surface area contributed by atoms with E-state index in [9.17, 15) is 0 Å². The standard InChI is InChI=1S/C8H7/c1-7-3-5-8(2)6-4-7/h3-5H,1-2H2. The molecule has 3 radical (unpaired) electrons. The number of hydrogen-bond acceptors (Lipinski definition) is 0. The first-order chi connectivity index (χ1) is 3.79. The monoisotopic (exact) mass is 103 g/mol. The molecule has 0 aliphatic carbocycles. The molecule has 0 nitrogen and oxygen atoms in total. The molecule has 8 heavy (non-hydrogen) atoms. The summed E-state index contributed by atoms with van der Waals surface area (Å²) in [5.74, 6) is 0. The number of benzene rings is 1. The third-order valence-electron chi connectivity index (χ3n) is 0.942. The fourth-order valence-corrected chi connectivity index (χ4v) is 0.489. The van der Waals surface area contributed by atoms with Crippen molar-refractivity contribution in [2.75, 3.05) is 0 Å². The molecule has 0 N–H and O–H groups in total. The Morgan fingerprint density at radius 3 is 2.38 bits per heavy atom. The smallest absolute Gasteiger partial charge is 0.0146 e. The first-order valence-corrected chi connectivity index (χ1v) is 2.45. The summed E-state index contributed by atoms with van der Waals surface area (Å²) >= 11 is 0. The second-order valence-corrected chi connectivity index (χ2v) is 1.72. The van der Waals surface area contributed by atoms with E-state index in [0.717, 1.165) is 11.1 Å². The van der Waals surface area contributed by atoms with Crippen molar-refractivity contribution in [2.45, 2.75) is 0 Å². The van der Waals surface area contributed by atoms with Gasteiger partial charge < -0.3 is 0 Å². The van der Waals surface area contributed by atoms with Gasteiger partial charge in [-0.15, -0.1) is 0 Å². The molecule has 0 aliphatic rings. The van der Waals surface area contributed by atoms with Crippen molar-refractivity contribution in [3.8, 4) is 0 Å². The van der Waals surface area contributed by atoms with E-state index < -0.39 is 0 Å². The Bertz CT molecular complexity index is 139. The van der Waals surface area contributed by atoms with Crippen LogP contribution in [0.25, 0.3) is 0 Å². The Morgan fingerprint density at radius 1 is 1.25 bits per heavy atom. The van der Waals surface area contributed by atoms with Crippen LogP contribution in [0.5, 0.6) is 0 Å². The molecule has 0 aromatic heterocycles. The van der Waals surface area contributed by atoms with E-state index in [0.29, 0.717) is 0 Å². The fourth-order valence-electron chi connectivity index (χ4n) is 0.489. The Balaban J connectivity index is 3.03. The summed E-state index contributed by atoms with van der Waals surface area (Å²) < 4.78 is 0. The molecule has 1 aromatic rings. The lowest BCUT2D eigenvalue weighted by Crippen LogP contribution is -1.71. The summed E-state index contributed by atoms with van der Waals surface area (Å²) in [5.41, 5.74) is 1.90. The summed E-state index contributed by atoms with van der Waals surface area (Å²) in [6.45, 7) is 7.38. The minimum atomic E-state index is 0.914. The second-order valence-electron chi connectivity index (χ2n) is 1.72. The number of rotatable bonds is 0. The zero-order chi connectivity index (χ0) is 5.98. The molecule has 0 saturated carbocycles. The first kappa shape index (κ1) is 5.36. The molecule has 0 bridgehead atoms. The maximum atomic E-state index is 3.70. The van der Waals surface area contributed by atoms with Gasteiger partial charge in [-0.1, -0.05) is 18.2 Å². The minimum Gasteiger partial charge on any atom is -0.0587 e. The lowest BCUT2D eigenvalue weighted by atomic mass is 10.2. The third-order valence-corrected chi connectivity index (χ3v) is 0.942. The summed E-state index contributed by atoms with van der Waals surface area (Å²) in [6.07, 6.45) is 0. The summed E-state index contributed by atoms with van der Waals surface area (Å²) in [6, 6.07) is 8.55. The van der Waals surface area contributed by atoms with E-state index in [2.05, 4.69) is 19.9 Å². The Labute approximate surface area is 50.2 Å².